The van der Waals surface area contributed by atoms with Gasteiger partial charge >= 0.3 is 0 Å². The van der Waals surface area contributed by atoms with E-state index in [-0.39, 0.29) is 16.7 Å². The number of carbonyl (C=O) groups is 1. The highest BCUT2D eigenvalue weighted by Crippen LogP contribution is 2.14. The fraction of sp³-hybridized carbons (Fsp3) is 0.533. The molecule has 1 aromatic rings. The number of rotatable bonds is 5. The van der Waals surface area contributed by atoms with Crippen molar-refractivity contribution in [3.05, 3.63) is 30.3 Å². The maximum atomic E-state index is 12.6. The normalized spacial score (nSPS) is 17.5. The highest BCUT2D eigenvalue weighted by Gasteiger charge is 2.32. The molecule has 0 radical (unpaired) electrons. The monoisotopic (exact) mass is 326 g/mol. The molecule has 7 heteroatoms. The molecule has 0 saturated carbocycles. The molecule has 22 heavy (non-hydrogen) atoms. The van der Waals surface area contributed by atoms with E-state index in [0.717, 1.165) is 0 Å². The summed E-state index contributed by atoms with van der Waals surface area (Å²) in [5.74, 6) is -0.341. The third kappa shape index (κ3) is 4.06. The van der Waals surface area contributed by atoms with Crippen LogP contribution < -0.4 is 4.72 Å². The van der Waals surface area contributed by atoms with Crippen LogP contribution in [0.25, 0.3) is 0 Å². The maximum absolute atomic E-state index is 12.6. The van der Waals surface area contributed by atoms with E-state index in [1.54, 1.807) is 23.1 Å². The minimum atomic E-state index is -3.72. The fourth-order valence-electron chi connectivity index (χ4n) is 2.29. The molecule has 1 aliphatic rings. The van der Waals surface area contributed by atoms with Crippen molar-refractivity contribution < 1.29 is 17.9 Å². The summed E-state index contributed by atoms with van der Waals surface area (Å²) in [6, 6.07) is 7.31. The van der Waals surface area contributed by atoms with Crippen molar-refractivity contribution in [1.82, 2.24) is 9.62 Å². The molecule has 1 fully saturated rings. The number of amides is 1. The lowest BCUT2D eigenvalue weighted by atomic mass is 10.0. The van der Waals surface area contributed by atoms with Crippen molar-refractivity contribution in [3.8, 4) is 0 Å². The van der Waals surface area contributed by atoms with E-state index in [1.807, 2.05) is 13.8 Å². The molecule has 2 rings (SSSR count). The number of hydrogen-bond donors (Lipinski definition) is 1. The lowest BCUT2D eigenvalue weighted by Crippen LogP contribution is -2.53. The summed E-state index contributed by atoms with van der Waals surface area (Å²) in [6.07, 6.45) is 0. The van der Waals surface area contributed by atoms with E-state index < -0.39 is 16.1 Å². The van der Waals surface area contributed by atoms with Gasteiger partial charge in [-0.05, 0) is 18.1 Å². The van der Waals surface area contributed by atoms with Crippen molar-refractivity contribution in [2.45, 2.75) is 24.8 Å². The maximum Gasteiger partial charge on any atom is 0.241 e. The zero-order valence-corrected chi connectivity index (χ0v) is 13.7. The van der Waals surface area contributed by atoms with Crippen LogP contribution in [-0.2, 0) is 19.6 Å². The Bertz CT molecular complexity index is 595. The molecule has 1 saturated heterocycles. The van der Waals surface area contributed by atoms with E-state index >= 15 is 0 Å². The van der Waals surface area contributed by atoms with Crippen molar-refractivity contribution in [2.24, 2.45) is 5.92 Å². The Labute approximate surface area is 131 Å². The summed E-state index contributed by atoms with van der Waals surface area (Å²) in [5, 5.41) is 0. The van der Waals surface area contributed by atoms with Crippen LogP contribution in [0.1, 0.15) is 13.8 Å². The van der Waals surface area contributed by atoms with Gasteiger partial charge in [0.2, 0.25) is 15.9 Å². The summed E-state index contributed by atoms with van der Waals surface area (Å²) in [7, 11) is -3.72. The number of nitrogens with zero attached hydrogens (tertiary/aromatic N) is 1. The molecule has 122 valence electrons. The van der Waals surface area contributed by atoms with Gasteiger partial charge in [-0.25, -0.2) is 8.42 Å². The van der Waals surface area contributed by atoms with Crippen LogP contribution in [-0.4, -0.2) is 51.6 Å². The van der Waals surface area contributed by atoms with Crippen LogP contribution in [0.5, 0.6) is 0 Å². The molecule has 1 atom stereocenters. The summed E-state index contributed by atoms with van der Waals surface area (Å²) in [6.45, 7) is 5.63. The fourth-order valence-corrected chi connectivity index (χ4v) is 3.65. The number of ether oxygens (including phenoxy) is 1. The Balaban J connectivity index is 2.16. The average molecular weight is 326 g/mol. The highest BCUT2D eigenvalue weighted by molar-refractivity contribution is 7.89. The number of hydrogen-bond acceptors (Lipinski definition) is 4. The molecule has 1 aromatic carbocycles. The average Bonchev–Trinajstić information content (AvgIpc) is 2.53. The molecular weight excluding hydrogens is 304 g/mol. The van der Waals surface area contributed by atoms with Crippen molar-refractivity contribution in [1.29, 1.82) is 0 Å². The Hall–Kier alpha value is -1.44. The largest absolute Gasteiger partial charge is 0.378 e. The lowest BCUT2D eigenvalue weighted by Gasteiger charge is -2.32. The first-order valence-corrected chi connectivity index (χ1v) is 8.84. The molecule has 6 nitrogen and oxygen atoms in total. The number of carbonyl (C=O) groups excluding carboxylic acids is 1. The first kappa shape index (κ1) is 16.9. The Morgan fingerprint density at radius 3 is 2.32 bits per heavy atom. The van der Waals surface area contributed by atoms with Gasteiger partial charge in [-0.15, -0.1) is 0 Å². The SMILES string of the molecule is CC(C)[C@@H](NS(=O)(=O)c1ccccc1)C(=O)N1CCOCC1. The number of benzene rings is 1. The van der Waals surface area contributed by atoms with Gasteiger partial charge in [-0.2, -0.15) is 4.72 Å². The van der Waals surface area contributed by atoms with Crippen LogP contribution >= 0.6 is 0 Å². The predicted octanol–water partition coefficient (Wildman–Crippen LogP) is 0.848. The van der Waals surface area contributed by atoms with Gasteiger partial charge in [0.1, 0.15) is 6.04 Å². The number of morpholine rings is 1. The minimum Gasteiger partial charge on any atom is -0.378 e. The minimum absolute atomic E-state index is 0.145. The molecule has 0 aromatic heterocycles. The Morgan fingerprint density at radius 2 is 1.77 bits per heavy atom. The van der Waals surface area contributed by atoms with Gasteiger partial charge in [0, 0.05) is 13.1 Å². The molecule has 0 unspecified atom stereocenters. The molecule has 1 aliphatic heterocycles. The summed E-state index contributed by atoms with van der Waals surface area (Å²) >= 11 is 0. The van der Waals surface area contributed by atoms with E-state index in [0.29, 0.717) is 26.3 Å². The third-order valence-electron chi connectivity index (χ3n) is 3.59. The van der Waals surface area contributed by atoms with Crippen molar-refractivity contribution in [3.63, 3.8) is 0 Å². The van der Waals surface area contributed by atoms with E-state index in [9.17, 15) is 13.2 Å². The van der Waals surface area contributed by atoms with Crippen molar-refractivity contribution >= 4 is 15.9 Å². The van der Waals surface area contributed by atoms with E-state index in [4.69, 9.17) is 4.74 Å². The Morgan fingerprint density at radius 1 is 1.18 bits per heavy atom. The molecule has 1 heterocycles. The zero-order valence-electron chi connectivity index (χ0n) is 12.9. The van der Waals surface area contributed by atoms with E-state index in [2.05, 4.69) is 4.72 Å². The van der Waals surface area contributed by atoms with Gasteiger partial charge in [-0.3, -0.25) is 4.79 Å². The molecule has 0 bridgehead atoms. The summed E-state index contributed by atoms with van der Waals surface area (Å²) < 4.78 is 32.6. The summed E-state index contributed by atoms with van der Waals surface area (Å²) in [4.78, 5) is 14.4. The molecule has 0 spiro atoms. The number of sulfonamides is 1. The molecule has 1 N–H and O–H groups in total. The summed E-state index contributed by atoms with van der Waals surface area (Å²) in [5.41, 5.74) is 0. The topological polar surface area (TPSA) is 75.7 Å². The quantitative estimate of drug-likeness (QED) is 0.870. The second-order valence-corrected chi connectivity index (χ2v) is 7.31. The van der Waals surface area contributed by atoms with Gasteiger partial charge in [0.05, 0.1) is 18.1 Å². The zero-order chi connectivity index (χ0) is 16.2. The van der Waals surface area contributed by atoms with Gasteiger partial charge in [-0.1, -0.05) is 32.0 Å². The Kier molecular flexibility index (Phi) is 5.55. The van der Waals surface area contributed by atoms with Crippen LogP contribution in [0.15, 0.2) is 35.2 Å². The predicted molar refractivity (Wildman–Crippen MR) is 82.8 cm³/mol. The van der Waals surface area contributed by atoms with Gasteiger partial charge < -0.3 is 9.64 Å². The number of nitrogens with one attached hydrogen (secondary N) is 1. The van der Waals surface area contributed by atoms with Crippen LogP contribution in [0.4, 0.5) is 0 Å². The second kappa shape index (κ2) is 7.21. The standard InChI is InChI=1S/C15H22N2O4S/c1-12(2)14(15(18)17-8-10-21-11-9-17)16-22(19,20)13-6-4-3-5-7-13/h3-7,12,14,16H,8-11H2,1-2H3/t14-/m1/s1. The molecule has 0 aliphatic carbocycles. The smallest absolute Gasteiger partial charge is 0.241 e. The molecular formula is C15H22N2O4S. The van der Waals surface area contributed by atoms with Gasteiger partial charge in [0.15, 0.2) is 0 Å². The first-order valence-electron chi connectivity index (χ1n) is 7.36. The van der Waals surface area contributed by atoms with E-state index in [1.165, 1.54) is 12.1 Å². The van der Waals surface area contributed by atoms with Crippen LogP contribution in [0, 0.1) is 5.92 Å². The van der Waals surface area contributed by atoms with Crippen molar-refractivity contribution in [2.75, 3.05) is 26.3 Å². The first-order chi connectivity index (χ1) is 10.4. The lowest BCUT2D eigenvalue weighted by molar-refractivity contribution is -0.138. The van der Waals surface area contributed by atoms with Crippen LogP contribution in [0.3, 0.4) is 0 Å². The van der Waals surface area contributed by atoms with Crippen LogP contribution in [0.2, 0.25) is 0 Å². The van der Waals surface area contributed by atoms with Gasteiger partial charge in [0.25, 0.3) is 0 Å². The second-order valence-electron chi connectivity index (χ2n) is 5.59. The highest BCUT2D eigenvalue weighted by atomic mass is 32.2. The third-order valence-corrected chi connectivity index (χ3v) is 5.05. The molecule has 1 amide bonds.